The number of amidine groups is 1. The number of nitrogens with zero attached hydrogens (tertiary/aromatic N) is 2. The van der Waals surface area contributed by atoms with Crippen molar-refractivity contribution >= 4 is 46.7 Å². The Bertz CT molecular complexity index is 1110. The summed E-state index contributed by atoms with van der Waals surface area (Å²) in [6.07, 6.45) is -0.215. The van der Waals surface area contributed by atoms with Crippen molar-refractivity contribution in [1.29, 1.82) is 5.41 Å². The van der Waals surface area contributed by atoms with Gasteiger partial charge in [-0.25, -0.2) is 0 Å². The van der Waals surface area contributed by atoms with Gasteiger partial charge in [-0.3, -0.25) is 24.6 Å². The van der Waals surface area contributed by atoms with E-state index in [2.05, 4.69) is 10.1 Å². The minimum atomic E-state index is -0.767. The van der Waals surface area contributed by atoms with Crippen LogP contribution in [0.1, 0.15) is 29.3 Å². The first kappa shape index (κ1) is 22.5. The zero-order valence-corrected chi connectivity index (χ0v) is 17.7. The van der Waals surface area contributed by atoms with Gasteiger partial charge in [0.15, 0.2) is 0 Å². The monoisotopic (exact) mass is 437 g/mol. The summed E-state index contributed by atoms with van der Waals surface area (Å²) in [4.78, 5) is 51.0. The molecule has 0 bridgehead atoms. The SMILES string of the molecule is CC(=O)OC(=O)CCN1CC(=O)N(C)c2ccc(Nc3cccc(C(=N)N)c3)cc2C1=O. The van der Waals surface area contributed by atoms with Crippen LogP contribution in [0.2, 0.25) is 0 Å². The van der Waals surface area contributed by atoms with Crippen molar-refractivity contribution in [1.82, 2.24) is 4.90 Å². The third kappa shape index (κ3) is 5.09. The molecule has 0 radical (unpaired) electrons. The fourth-order valence-corrected chi connectivity index (χ4v) is 3.27. The number of fused-ring (bicyclic) bond motifs is 1. The number of anilines is 3. The molecule has 1 aliphatic heterocycles. The molecule has 2 aromatic carbocycles. The Morgan fingerprint density at radius 3 is 2.56 bits per heavy atom. The Labute approximate surface area is 184 Å². The summed E-state index contributed by atoms with van der Waals surface area (Å²) in [6, 6.07) is 12.0. The molecule has 0 aliphatic carbocycles. The standard InChI is InChI=1S/C22H23N5O5/c1-13(28)32-20(30)8-9-27-12-19(29)26(2)18-7-6-16(11-17(18)22(27)31)25-15-5-3-4-14(10-15)21(23)24/h3-7,10-11,25H,8-9,12H2,1-2H3,(H3,23,24). The molecule has 1 heterocycles. The van der Waals surface area contributed by atoms with Crippen molar-refractivity contribution in [2.24, 2.45) is 5.73 Å². The molecule has 1 aliphatic rings. The highest BCUT2D eigenvalue weighted by molar-refractivity contribution is 6.10. The number of benzene rings is 2. The molecule has 0 aromatic heterocycles. The lowest BCUT2D eigenvalue weighted by molar-refractivity contribution is -0.158. The maximum absolute atomic E-state index is 13.2. The van der Waals surface area contributed by atoms with Crippen LogP contribution in [0, 0.1) is 5.41 Å². The topological polar surface area (TPSA) is 146 Å². The number of carbonyl (C=O) groups excluding carboxylic acids is 4. The number of carbonyl (C=O) groups is 4. The zero-order valence-electron chi connectivity index (χ0n) is 17.7. The third-order valence-electron chi connectivity index (χ3n) is 4.88. The Hall–Kier alpha value is -4.21. The lowest BCUT2D eigenvalue weighted by atomic mass is 10.1. The van der Waals surface area contributed by atoms with Gasteiger partial charge in [0.05, 0.1) is 17.7 Å². The van der Waals surface area contributed by atoms with Crippen LogP contribution in [0.15, 0.2) is 42.5 Å². The number of rotatable bonds is 6. The van der Waals surface area contributed by atoms with Crippen LogP contribution in [0.25, 0.3) is 0 Å². The molecule has 2 aromatic rings. The van der Waals surface area contributed by atoms with E-state index in [1.807, 2.05) is 0 Å². The first-order valence-corrected chi connectivity index (χ1v) is 9.78. The van der Waals surface area contributed by atoms with Crippen molar-refractivity contribution in [2.75, 3.05) is 30.4 Å². The van der Waals surface area contributed by atoms with Crippen LogP contribution in [-0.2, 0) is 19.1 Å². The highest BCUT2D eigenvalue weighted by Crippen LogP contribution is 2.29. The van der Waals surface area contributed by atoms with Crippen LogP contribution in [-0.4, -0.2) is 54.6 Å². The molecule has 166 valence electrons. The van der Waals surface area contributed by atoms with Crippen LogP contribution in [0.4, 0.5) is 17.1 Å². The quantitative estimate of drug-likeness (QED) is 0.269. The van der Waals surface area contributed by atoms with Gasteiger partial charge in [-0.05, 0) is 30.3 Å². The summed E-state index contributed by atoms with van der Waals surface area (Å²) in [6.45, 7) is 0.841. The number of esters is 2. The van der Waals surface area contributed by atoms with E-state index in [0.29, 0.717) is 22.6 Å². The van der Waals surface area contributed by atoms with Gasteiger partial charge in [0.2, 0.25) is 5.91 Å². The Balaban J connectivity index is 1.86. The fourth-order valence-electron chi connectivity index (χ4n) is 3.27. The van der Waals surface area contributed by atoms with Gasteiger partial charge in [0.25, 0.3) is 5.91 Å². The van der Waals surface area contributed by atoms with Crippen molar-refractivity contribution in [3.8, 4) is 0 Å². The summed E-state index contributed by atoms with van der Waals surface area (Å²) >= 11 is 0. The van der Waals surface area contributed by atoms with Crippen LogP contribution < -0.4 is 16.0 Å². The number of hydrogen-bond donors (Lipinski definition) is 3. The Morgan fingerprint density at radius 1 is 1.16 bits per heavy atom. The fraction of sp³-hybridized carbons (Fsp3) is 0.227. The van der Waals surface area contributed by atoms with Crippen LogP contribution in [0.5, 0.6) is 0 Å². The van der Waals surface area contributed by atoms with Crippen molar-refractivity contribution in [2.45, 2.75) is 13.3 Å². The maximum Gasteiger partial charge on any atom is 0.315 e. The van der Waals surface area contributed by atoms with E-state index in [9.17, 15) is 19.2 Å². The van der Waals surface area contributed by atoms with E-state index in [0.717, 1.165) is 6.92 Å². The smallest absolute Gasteiger partial charge is 0.315 e. The highest BCUT2D eigenvalue weighted by Gasteiger charge is 2.30. The second kappa shape index (κ2) is 9.29. The average molecular weight is 437 g/mol. The summed E-state index contributed by atoms with van der Waals surface area (Å²) in [5.41, 5.74) is 8.08. The average Bonchev–Trinajstić information content (AvgIpc) is 2.82. The van der Waals surface area contributed by atoms with E-state index >= 15 is 0 Å². The van der Waals surface area contributed by atoms with Gasteiger partial charge < -0.3 is 25.6 Å². The molecular weight excluding hydrogens is 414 g/mol. The van der Waals surface area contributed by atoms with Gasteiger partial charge in [0, 0.05) is 37.5 Å². The van der Waals surface area contributed by atoms with Gasteiger partial charge >= 0.3 is 11.9 Å². The second-order valence-corrected chi connectivity index (χ2v) is 7.25. The van der Waals surface area contributed by atoms with Crippen molar-refractivity contribution in [3.05, 3.63) is 53.6 Å². The summed E-state index contributed by atoms with van der Waals surface area (Å²) in [7, 11) is 1.57. The lowest BCUT2D eigenvalue weighted by Crippen LogP contribution is -2.39. The van der Waals surface area contributed by atoms with Crippen molar-refractivity contribution < 1.29 is 23.9 Å². The molecule has 0 saturated carbocycles. The molecule has 0 fully saturated rings. The first-order valence-electron chi connectivity index (χ1n) is 9.78. The minimum Gasteiger partial charge on any atom is -0.393 e. The van der Waals surface area contributed by atoms with E-state index in [1.165, 1.54) is 9.80 Å². The Kier molecular flexibility index (Phi) is 6.53. The molecule has 0 unspecified atom stereocenters. The Morgan fingerprint density at radius 2 is 1.88 bits per heavy atom. The van der Waals surface area contributed by atoms with Crippen molar-refractivity contribution in [3.63, 3.8) is 0 Å². The molecule has 0 atom stereocenters. The number of ether oxygens (including phenoxy) is 1. The highest BCUT2D eigenvalue weighted by atomic mass is 16.6. The number of nitrogens with one attached hydrogen (secondary N) is 2. The number of likely N-dealkylation sites (N-methyl/N-ethyl adjacent to an activating group) is 1. The summed E-state index contributed by atoms with van der Waals surface area (Å²) in [5.74, 6) is -2.30. The van der Waals surface area contributed by atoms with Gasteiger partial charge in [-0.2, -0.15) is 0 Å². The number of nitrogen functional groups attached to an aromatic ring is 1. The van der Waals surface area contributed by atoms with Gasteiger partial charge in [-0.15, -0.1) is 0 Å². The molecule has 2 amide bonds. The molecule has 3 rings (SSSR count). The molecule has 32 heavy (non-hydrogen) atoms. The lowest BCUT2D eigenvalue weighted by Gasteiger charge is -2.19. The normalized spacial score (nSPS) is 13.3. The van der Waals surface area contributed by atoms with Crippen LogP contribution in [0.3, 0.4) is 0 Å². The number of amides is 2. The maximum atomic E-state index is 13.2. The molecule has 10 nitrogen and oxygen atoms in total. The molecule has 0 saturated heterocycles. The van der Waals surface area contributed by atoms with E-state index < -0.39 is 17.8 Å². The van der Waals surface area contributed by atoms with Gasteiger partial charge in [0.1, 0.15) is 12.4 Å². The third-order valence-corrected chi connectivity index (χ3v) is 4.88. The molecule has 0 spiro atoms. The molecule has 4 N–H and O–H groups in total. The van der Waals surface area contributed by atoms with Crippen LogP contribution >= 0.6 is 0 Å². The van der Waals surface area contributed by atoms with E-state index in [-0.39, 0.29) is 36.8 Å². The molecular formula is C22H23N5O5. The second-order valence-electron chi connectivity index (χ2n) is 7.25. The minimum absolute atomic E-state index is 0.0650. The first-order chi connectivity index (χ1) is 15.2. The predicted molar refractivity (Wildman–Crippen MR) is 118 cm³/mol. The van der Waals surface area contributed by atoms with Gasteiger partial charge in [-0.1, -0.05) is 12.1 Å². The predicted octanol–water partition coefficient (Wildman–Crippen LogP) is 1.61. The number of hydrogen-bond acceptors (Lipinski definition) is 7. The summed E-state index contributed by atoms with van der Waals surface area (Å²) < 4.78 is 4.49. The molecule has 10 heteroatoms. The van der Waals surface area contributed by atoms with E-state index in [4.69, 9.17) is 11.1 Å². The van der Waals surface area contributed by atoms with E-state index in [1.54, 1.807) is 49.5 Å². The summed E-state index contributed by atoms with van der Waals surface area (Å²) in [5, 5.41) is 10.7. The zero-order chi connectivity index (χ0) is 23.4. The number of nitrogens with two attached hydrogens (primary N) is 1. The largest absolute Gasteiger partial charge is 0.393 e.